The summed E-state index contributed by atoms with van der Waals surface area (Å²) in [5, 5.41) is 4.71. The number of rotatable bonds is 7. The van der Waals surface area contributed by atoms with Crippen molar-refractivity contribution in [3.8, 4) is 21.7 Å². The fourth-order valence-corrected chi connectivity index (χ4v) is 4.91. The number of fused-ring (bicyclic) bond motifs is 1. The van der Waals surface area contributed by atoms with Crippen LogP contribution < -0.4 is 11.1 Å². The highest BCUT2D eigenvalue weighted by Gasteiger charge is 2.13. The molecule has 0 spiro atoms. The lowest BCUT2D eigenvalue weighted by Crippen LogP contribution is -2.15. The van der Waals surface area contributed by atoms with Gasteiger partial charge in [0.15, 0.2) is 0 Å². The van der Waals surface area contributed by atoms with Crippen molar-refractivity contribution in [1.29, 1.82) is 0 Å². The lowest BCUT2D eigenvalue weighted by Gasteiger charge is -2.14. The van der Waals surface area contributed by atoms with Crippen LogP contribution in [0.4, 0.5) is 5.82 Å². The highest BCUT2D eigenvalue weighted by atomic mass is 32.1. The van der Waals surface area contributed by atoms with Crippen LogP contribution in [-0.4, -0.2) is 16.5 Å². The molecule has 5 heteroatoms. The summed E-state index contributed by atoms with van der Waals surface area (Å²) in [6.07, 6.45) is 4.45. The molecule has 0 saturated heterocycles. The van der Waals surface area contributed by atoms with Crippen LogP contribution in [0.25, 0.3) is 31.8 Å². The minimum atomic E-state index is 0.00110. The molecule has 1 atom stereocenters. The molecule has 0 bridgehead atoms. The second-order valence-corrected chi connectivity index (χ2v) is 8.79. The van der Waals surface area contributed by atoms with Gasteiger partial charge in [0, 0.05) is 45.7 Å². The second-order valence-electron chi connectivity index (χ2n) is 7.71. The summed E-state index contributed by atoms with van der Waals surface area (Å²) in [4.78, 5) is 10.4. The summed E-state index contributed by atoms with van der Waals surface area (Å²) in [5.74, 6) is 0.849. The Hall–Kier alpha value is -3.54. The minimum absolute atomic E-state index is 0.00110. The zero-order chi connectivity index (χ0) is 21.8. The summed E-state index contributed by atoms with van der Waals surface area (Å²) in [6, 6.07) is 29.2. The van der Waals surface area contributed by atoms with Crippen molar-refractivity contribution in [3.05, 3.63) is 103 Å². The predicted octanol–water partition coefficient (Wildman–Crippen LogP) is 6.53. The lowest BCUT2D eigenvalue weighted by molar-refractivity contribution is 0.674. The van der Waals surface area contributed by atoms with E-state index in [1.54, 1.807) is 11.3 Å². The van der Waals surface area contributed by atoms with E-state index >= 15 is 0 Å². The summed E-state index contributed by atoms with van der Waals surface area (Å²) < 4.78 is 1.28. The smallest absolute Gasteiger partial charge is 0.126 e. The first-order valence-electron chi connectivity index (χ1n) is 10.7. The maximum absolute atomic E-state index is 6.35. The van der Waals surface area contributed by atoms with Crippen molar-refractivity contribution in [2.75, 3.05) is 11.9 Å². The molecule has 5 rings (SSSR count). The van der Waals surface area contributed by atoms with Crippen LogP contribution in [0.5, 0.6) is 0 Å². The van der Waals surface area contributed by atoms with E-state index in [1.165, 1.54) is 15.0 Å². The van der Waals surface area contributed by atoms with Crippen molar-refractivity contribution < 1.29 is 0 Å². The molecular weight excluding hydrogens is 412 g/mol. The van der Waals surface area contributed by atoms with Crippen LogP contribution in [0, 0.1) is 0 Å². The Kier molecular flexibility index (Phi) is 5.92. The Morgan fingerprint density at radius 1 is 0.875 bits per heavy atom. The molecular formula is C27H24N4S. The summed E-state index contributed by atoms with van der Waals surface area (Å²) in [5.41, 5.74) is 10.6. The molecule has 0 fully saturated rings. The van der Waals surface area contributed by atoms with Crippen LogP contribution in [0.2, 0.25) is 0 Å². The number of pyridine rings is 2. The van der Waals surface area contributed by atoms with Gasteiger partial charge in [0.25, 0.3) is 0 Å². The van der Waals surface area contributed by atoms with Crippen molar-refractivity contribution in [2.24, 2.45) is 5.73 Å². The van der Waals surface area contributed by atoms with Gasteiger partial charge < -0.3 is 11.1 Å². The van der Waals surface area contributed by atoms with Crippen molar-refractivity contribution in [3.63, 3.8) is 0 Å². The first-order chi connectivity index (χ1) is 15.8. The molecule has 32 heavy (non-hydrogen) atoms. The molecule has 0 saturated carbocycles. The molecule has 5 aromatic rings. The van der Waals surface area contributed by atoms with Gasteiger partial charge in [-0.2, -0.15) is 0 Å². The average molecular weight is 437 g/mol. The van der Waals surface area contributed by atoms with E-state index in [-0.39, 0.29) is 6.04 Å². The van der Waals surface area contributed by atoms with Gasteiger partial charge in [-0.15, -0.1) is 11.3 Å². The normalized spacial score (nSPS) is 12.0. The SMILES string of the molecule is NC(CCNc1ccc(-c2cc3ccccc3s2)c(-c2ccncc2)n1)c1ccccc1. The molecule has 1 unspecified atom stereocenters. The number of thiophene rings is 1. The molecule has 0 amide bonds. The molecule has 0 aliphatic carbocycles. The van der Waals surface area contributed by atoms with Crippen molar-refractivity contribution in [1.82, 2.24) is 9.97 Å². The Morgan fingerprint density at radius 2 is 1.66 bits per heavy atom. The summed E-state index contributed by atoms with van der Waals surface area (Å²) >= 11 is 1.79. The van der Waals surface area contributed by atoms with E-state index in [9.17, 15) is 0 Å². The number of nitrogens with one attached hydrogen (secondary N) is 1. The van der Waals surface area contributed by atoms with E-state index in [0.717, 1.165) is 41.2 Å². The minimum Gasteiger partial charge on any atom is -0.370 e. The largest absolute Gasteiger partial charge is 0.370 e. The molecule has 3 N–H and O–H groups in total. The highest BCUT2D eigenvalue weighted by Crippen LogP contribution is 2.38. The highest BCUT2D eigenvalue weighted by molar-refractivity contribution is 7.22. The molecule has 3 heterocycles. The number of hydrogen-bond acceptors (Lipinski definition) is 5. The molecule has 4 nitrogen and oxygen atoms in total. The molecule has 0 aliphatic rings. The number of anilines is 1. The zero-order valence-corrected chi connectivity index (χ0v) is 18.4. The van der Waals surface area contributed by atoms with E-state index in [4.69, 9.17) is 10.7 Å². The van der Waals surface area contributed by atoms with Crippen LogP contribution in [0.1, 0.15) is 18.0 Å². The van der Waals surface area contributed by atoms with Gasteiger partial charge >= 0.3 is 0 Å². The lowest BCUT2D eigenvalue weighted by atomic mass is 10.0. The third-order valence-corrected chi connectivity index (χ3v) is 6.68. The van der Waals surface area contributed by atoms with Gasteiger partial charge in [-0.05, 0) is 53.8 Å². The zero-order valence-electron chi connectivity index (χ0n) is 17.6. The summed E-state index contributed by atoms with van der Waals surface area (Å²) in [6.45, 7) is 0.751. The van der Waals surface area contributed by atoms with Gasteiger partial charge in [-0.3, -0.25) is 4.98 Å². The standard InChI is InChI=1S/C27H24N4S/c28-23(19-6-2-1-3-7-19)14-17-30-26-11-10-22(27(31-26)20-12-15-29-16-13-20)25-18-21-8-4-5-9-24(21)32-25/h1-13,15-16,18,23H,14,17,28H2,(H,30,31). The quantitative estimate of drug-likeness (QED) is 0.304. The Labute approximate surface area is 191 Å². The average Bonchev–Trinajstić information content (AvgIpc) is 3.29. The van der Waals surface area contributed by atoms with Crippen LogP contribution >= 0.6 is 11.3 Å². The maximum Gasteiger partial charge on any atom is 0.126 e. The number of nitrogens with zero attached hydrogens (tertiary/aromatic N) is 2. The molecule has 158 valence electrons. The third kappa shape index (κ3) is 4.40. The van der Waals surface area contributed by atoms with Crippen LogP contribution in [0.15, 0.2) is 97.3 Å². The fourth-order valence-electron chi connectivity index (χ4n) is 3.82. The number of aromatic nitrogens is 2. The number of hydrogen-bond donors (Lipinski definition) is 2. The van der Waals surface area contributed by atoms with E-state index < -0.39 is 0 Å². The van der Waals surface area contributed by atoms with Crippen LogP contribution in [-0.2, 0) is 0 Å². The predicted molar refractivity (Wildman–Crippen MR) is 135 cm³/mol. The topological polar surface area (TPSA) is 63.8 Å². The molecule has 0 aliphatic heterocycles. The molecule has 0 radical (unpaired) electrons. The van der Waals surface area contributed by atoms with E-state index in [2.05, 4.69) is 64.9 Å². The monoisotopic (exact) mass is 436 g/mol. The fraction of sp³-hybridized carbons (Fsp3) is 0.111. The Bertz CT molecular complexity index is 1280. The first kappa shape index (κ1) is 20.4. The van der Waals surface area contributed by atoms with Gasteiger partial charge in [0.2, 0.25) is 0 Å². The maximum atomic E-state index is 6.35. The third-order valence-electron chi connectivity index (χ3n) is 5.53. The summed E-state index contributed by atoms with van der Waals surface area (Å²) in [7, 11) is 0. The number of nitrogens with two attached hydrogens (primary N) is 1. The van der Waals surface area contributed by atoms with E-state index in [1.807, 2.05) is 42.7 Å². The Morgan fingerprint density at radius 3 is 2.47 bits per heavy atom. The van der Waals surface area contributed by atoms with Gasteiger partial charge in [-0.1, -0.05) is 48.5 Å². The van der Waals surface area contributed by atoms with Crippen molar-refractivity contribution >= 4 is 27.2 Å². The van der Waals surface area contributed by atoms with Gasteiger partial charge in [0.05, 0.1) is 5.69 Å². The second kappa shape index (κ2) is 9.30. The Balaban J connectivity index is 1.41. The first-order valence-corrected chi connectivity index (χ1v) is 11.5. The van der Waals surface area contributed by atoms with E-state index in [0.29, 0.717) is 0 Å². The molecule has 3 aromatic heterocycles. The van der Waals surface area contributed by atoms with Gasteiger partial charge in [-0.25, -0.2) is 4.98 Å². The van der Waals surface area contributed by atoms with Crippen molar-refractivity contribution in [2.45, 2.75) is 12.5 Å². The molecule has 2 aromatic carbocycles. The van der Waals surface area contributed by atoms with Gasteiger partial charge in [0.1, 0.15) is 5.82 Å². The van der Waals surface area contributed by atoms with Crippen LogP contribution in [0.3, 0.4) is 0 Å². The number of benzene rings is 2.